The summed E-state index contributed by atoms with van der Waals surface area (Å²) in [6.45, 7) is 0. The minimum Gasteiger partial charge on any atom is -0.299 e. The van der Waals surface area contributed by atoms with Gasteiger partial charge < -0.3 is 0 Å². The van der Waals surface area contributed by atoms with Gasteiger partial charge in [-0.25, -0.2) is 0 Å². The molecule has 0 spiro atoms. The summed E-state index contributed by atoms with van der Waals surface area (Å²) in [6.07, 6.45) is 1.85. The molecule has 0 unspecified atom stereocenters. The van der Waals surface area contributed by atoms with Gasteiger partial charge in [-0.2, -0.15) is 0 Å². The van der Waals surface area contributed by atoms with E-state index in [1.807, 2.05) is 29.7 Å². The number of benzene rings is 5. The van der Waals surface area contributed by atoms with Crippen LogP contribution in [-0.4, -0.2) is 9.38 Å². The maximum Gasteiger partial charge on any atom is 0.109 e. The summed E-state index contributed by atoms with van der Waals surface area (Å²) in [5.74, 6) is 0. The summed E-state index contributed by atoms with van der Waals surface area (Å²) in [4.78, 5) is 5.82. The lowest BCUT2D eigenvalue weighted by Crippen LogP contribution is -1.90. The summed E-state index contributed by atoms with van der Waals surface area (Å²) < 4.78 is 3.83. The molecule has 42 heavy (non-hydrogen) atoms. The number of pyridine rings is 2. The average Bonchev–Trinajstić information content (AvgIpc) is 3.62. The van der Waals surface area contributed by atoms with Crippen LogP contribution in [0, 0.1) is 0 Å². The Morgan fingerprint density at radius 2 is 1.21 bits per heavy atom. The third-order valence-corrected chi connectivity index (χ3v) is 9.60. The van der Waals surface area contributed by atoms with E-state index in [9.17, 15) is 0 Å². The zero-order chi connectivity index (χ0) is 27.6. The van der Waals surface area contributed by atoms with Crippen molar-refractivity contribution in [2.75, 3.05) is 0 Å². The van der Waals surface area contributed by atoms with Crippen molar-refractivity contribution in [3.8, 4) is 33.5 Å². The SMILES string of the molecule is c1ccc(-c2c3ccccc3n3c4sc5ccccc5c4c4cc(-c5ccc(-c6ccccn6)cc5)ccc4c23)cc1. The molecule has 0 aliphatic rings. The second-order valence-electron chi connectivity index (χ2n) is 10.8. The molecule has 0 N–H and O–H groups in total. The summed E-state index contributed by atoms with van der Waals surface area (Å²) in [5, 5.41) is 6.48. The molecule has 0 saturated carbocycles. The van der Waals surface area contributed by atoms with Gasteiger partial charge in [-0.15, -0.1) is 11.3 Å². The molecule has 4 aromatic heterocycles. The molecule has 2 nitrogen and oxygen atoms in total. The molecule has 0 saturated heterocycles. The van der Waals surface area contributed by atoms with E-state index >= 15 is 0 Å². The summed E-state index contributed by atoms with van der Waals surface area (Å²) >= 11 is 1.89. The third kappa shape index (κ3) is 3.41. The minimum absolute atomic E-state index is 0.991. The molecule has 5 aromatic carbocycles. The fourth-order valence-corrected chi connectivity index (χ4v) is 7.80. The Morgan fingerprint density at radius 3 is 2.05 bits per heavy atom. The van der Waals surface area contributed by atoms with Crippen molar-refractivity contribution in [2.24, 2.45) is 0 Å². The highest BCUT2D eigenvalue weighted by atomic mass is 32.1. The van der Waals surface area contributed by atoms with E-state index in [0.717, 1.165) is 11.3 Å². The van der Waals surface area contributed by atoms with Crippen LogP contribution in [0.3, 0.4) is 0 Å². The van der Waals surface area contributed by atoms with Gasteiger partial charge in [0.1, 0.15) is 4.83 Å². The molecule has 0 aliphatic carbocycles. The third-order valence-electron chi connectivity index (χ3n) is 8.44. The van der Waals surface area contributed by atoms with Crippen molar-refractivity contribution in [3.05, 3.63) is 146 Å². The van der Waals surface area contributed by atoms with Crippen molar-refractivity contribution in [1.29, 1.82) is 0 Å². The van der Waals surface area contributed by atoms with E-state index in [0.29, 0.717) is 0 Å². The molecule has 0 amide bonds. The number of rotatable bonds is 3. The van der Waals surface area contributed by atoms with Gasteiger partial charge in [-0.1, -0.05) is 109 Å². The number of nitrogens with zero attached hydrogens (tertiary/aromatic N) is 2. The normalized spacial score (nSPS) is 11.8. The lowest BCUT2D eigenvalue weighted by molar-refractivity contribution is 1.33. The van der Waals surface area contributed by atoms with Crippen LogP contribution < -0.4 is 0 Å². The van der Waals surface area contributed by atoms with Crippen LogP contribution in [0.4, 0.5) is 0 Å². The predicted molar refractivity (Wildman–Crippen MR) is 179 cm³/mol. The predicted octanol–water partition coefficient (Wildman–Crippen LogP) is 11.0. The molecule has 0 fully saturated rings. The van der Waals surface area contributed by atoms with Crippen LogP contribution in [0.5, 0.6) is 0 Å². The zero-order valence-electron chi connectivity index (χ0n) is 22.7. The smallest absolute Gasteiger partial charge is 0.109 e. The fourth-order valence-electron chi connectivity index (χ4n) is 6.56. The minimum atomic E-state index is 0.991. The van der Waals surface area contributed by atoms with Crippen molar-refractivity contribution in [2.45, 2.75) is 0 Å². The van der Waals surface area contributed by atoms with Crippen LogP contribution in [-0.2, 0) is 0 Å². The molecule has 0 bridgehead atoms. The molecule has 0 atom stereocenters. The zero-order valence-corrected chi connectivity index (χ0v) is 23.5. The topological polar surface area (TPSA) is 17.3 Å². The maximum absolute atomic E-state index is 4.53. The second kappa shape index (κ2) is 9.13. The number of hydrogen-bond acceptors (Lipinski definition) is 2. The Balaban J connectivity index is 1.40. The van der Waals surface area contributed by atoms with E-state index < -0.39 is 0 Å². The van der Waals surface area contributed by atoms with Gasteiger partial charge in [0.2, 0.25) is 0 Å². The van der Waals surface area contributed by atoms with E-state index in [4.69, 9.17) is 0 Å². The van der Waals surface area contributed by atoms with Gasteiger partial charge >= 0.3 is 0 Å². The van der Waals surface area contributed by atoms with E-state index in [1.165, 1.54) is 69.7 Å². The van der Waals surface area contributed by atoms with Crippen LogP contribution in [0.25, 0.3) is 81.0 Å². The molecule has 0 aliphatic heterocycles. The number of hydrogen-bond donors (Lipinski definition) is 0. The first-order valence-corrected chi connectivity index (χ1v) is 15.0. The Bertz CT molecular complexity index is 2430. The fraction of sp³-hybridized carbons (Fsp3) is 0. The second-order valence-corrected chi connectivity index (χ2v) is 11.8. The first kappa shape index (κ1) is 23.5. The monoisotopic (exact) mass is 552 g/mol. The molecule has 0 radical (unpaired) electrons. The molecule has 3 heteroatoms. The van der Waals surface area contributed by atoms with Crippen LogP contribution >= 0.6 is 11.3 Å². The van der Waals surface area contributed by atoms with Crippen LogP contribution in [0.1, 0.15) is 0 Å². The molecule has 9 rings (SSSR count). The Labute approximate surface area is 246 Å². The Hall–Kier alpha value is -5.25. The van der Waals surface area contributed by atoms with Crippen molar-refractivity contribution < 1.29 is 0 Å². The van der Waals surface area contributed by atoms with Crippen molar-refractivity contribution in [3.63, 3.8) is 0 Å². The molecular weight excluding hydrogens is 529 g/mol. The molecule has 4 heterocycles. The Morgan fingerprint density at radius 1 is 0.500 bits per heavy atom. The largest absolute Gasteiger partial charge is 0.299 e. The number of fused-ring (bicyclic) bond motifs is 10. The van der Waals surface area contributed by atoms with E-state index in [-0.39, 0.29) is 0 Å². The van der Waals surface area contributed by atoms with Gasteiger partial charge in [-0.05, 0) is 52.4 Å². The van der Waals surface area contributed by atoms with Crippen LogP contribution in [0.2, 0.25) is 0 Å². The van der Waals surface area contributed by atoms with Gasteiger partial charge in [-0.3, -0.25) is 9.38 Å². The number of para-hydroxylation sites is 1. The van der Waals surface area contributed by atoms with Gasteiger partial charge in [0.05, 0.1) is 16.7 Å². The number of aromatic nitrogens is 2. The molecule has 9 aromatic rings. The lowest BCUT2D eigenvalue weighted by atomic mass is 9.95. The summed E-state index contributed by atoms with van der Waals surface area (Å²) in [5.41, 5.74) is 9.59. The van der Waals surface area contributed by atoms with Gasteiger partial charge in [0.15, 0.2) is 0 Å². The molecular formula is C39H24N2S. The maximum atomic E-state index is 4.53. The molecule has 196 valence electrons. The van der Waals surface area contributed by atoms with Crippen molar-refractivity contribution in [1.82, 2.24) is 9.38 Å². The van der Waals surface area contributed by atoms with E-state index in [1.54, 1.807) is 0 Å². The quantitative estimate of drug-likeness (QED) is 0.213. The highest BCUT2D eigenvalue weighted by Gasteiger charge is 2.22. The van der Waals surface area contributed by atoms with Crippen molar-refractivity contribution >= 4 is 58.8 Å². The lowest BCUT2D eigenvalue weighted by Gasteiger charge is -2.12. The first-order chi connectivity index (χ1) is 20.8. The summed E-state index contributed by atoms with van der Waals surface area (Å²) in [7, 11) is 0. The number of thiophene rings is 1. The van der Waals surface area contributed by atoms with Gasteiger partial charge in [0, 0.05) is 43.6 Å². The van der Waals surface area contributed by atoms with Crippen LogP contribution in [0.15, 0.2) is 146 Å². The highest BCUT2D eigenvalue weighted by Crippen LogP contribution is 2.47. The van der Waals surface area contributed by atoms with E-state index in [2.05, 4.69) is 137 Å². The standard InChI is InChI=1S/C39H24N2S/c1-2-10-27(11-3-1)36-30-12-4-6-15-34(30)41-38(36)29-22-21-28(25-17-19-26(20-18-25)33-14-8-9-23-40-33)24-32(29)37-31-13-5-7-16-35(31)42-39(37)41/h1-24H. The highest BCUT2D eigenvalue weighted by molar-refractivity contribution is 7.25. The summed E-state index contributed by atoms with van der Waals surface area (Å²) in [6, 6.07) is 50.4. The Kier molecular flexibility index (Phi) is 5.10. The average molecular weight is 553 g/mol. The van der Waals surface area contributed by atoms with Gasteiger partial charge in [0.25, 0.3) is 0 Å². The first-order valence-electron chi connectivity index (χ1n) is 14.2.